The van der Waals surface area contributed by atoms with Gasteiger partial charge in [-0.15, -0.1) is 11.3 Å². The Morgan fingerprint density at radius 1 is 0.490 bits per heavy atom. The highest BCUT2D eigenvalue weighted by molar-refractivity contribution is 7.19. The summed E-state index contributed by atoms with van der Waals surface area (Å²) >= 11 is 1.79. The summed E-state index contributed by atoms with van der Waals surface area (Å²) in [6.45, 7) is 4.71. The smallest absolute Gasteiger partial charge is 0.124 e. The van der Waals surface area contributed by atoms with Gasteiger partial charge in [0.1, 0.15) is 5.01 Å². The molecule has 10 rings (SSSR count). The minimum absolute atomic E-state index is 0.0968. The van der Waals surface area contributed by atoms with E-state index in [4.69, 9.17) is 4.98 Å². The van der Waals surface area contributed by atoms with Gasteiger partial charge in [0.05, 0.1) is 10.6 Å². The van der Waals surface area contributed by atoms with E-state index in [1.165, 1.54) is 60.2 Å². The van der Waals surface area contributed by atoms with Gasteiger partial charge in [-0.05, 0) is 80.6 Å². The lowest BCUT2D eigenvalue weighted by Crippen LogP contribution is -2.16. The number of rotatable bonds is 5. The first-order valence-electron chi connectivity index (χ1n) is 16.9. The number of aromatic nitrogens is 1. The summed E-state index contributed by atoms with van der Waals surface area (Å²) in [6, 6.07) is 57.5. The highest BCUT2D eigenvalue weighted by atomic mass is 32.1. The average Bonchev–Trinajstić information content (AvgIpc) is 3.79. The molecule has 0 bridgehead atoms. The third-order valence-corrected chi connectivity index (χ3v) is 11.6. The predicted octanol–water partition coefficient (Wildman–Crippen LogP) is 13.1. The van der Waals surface area contributed by atoms with Crippen molar-refractivity contribution >= 4 is 39.2 Å². The van der Waals surface area contributed by atoms with Crippen LogP contribution in [-0.2, 0) is 5.41 Å². The lowest BCUT2D eigenvalue weighted by atomic mass is 9.82. The Morgan fingerprint density at radius 2 is 1.14 bits per heavy atom. The number of thiazole rings is 1. The Balaban J connectivity index is 1.17. The molecule has 232 valence electrons. The number of hydrogen-bond acceptors (Lipinski definition) is 3. The normalized spacial score (nSPS) is 13.3. The zero-order chi connectivity index (χ0) is 32.7. The van der Waals surface area contributed by atoms with Crippen molar-refractivity contribution in [1.29, 1.82) is 0 Å². The first-order chi connectivity index (χ1) is 24.0. The number of anilines is 3. The quantitative estimate of drug-likeness (QED) is 0.185. The van der Waals surface area contributed by atoms with Crippen molar-refractivity contribution in [3.8, 4) is 54.5 Å². The molecule has 7 aromatic carbocycles. The van der Waals surface area contributed by atoms with Gasteiger partial charge in [-0.2, -0.15) is 0 Å². The van der Waals surface area contributed by atoms with E-state index in [0.29, 0.717) is 0 Å². The fourth-order valence-corrected chi connectivity index (χ4v) is 9.14. The van der Waals surface area contributed by atoms with E-state index in [0.717, 1.165) is 33.3 Å². The molecule has 0 atom stereocenters. The summed E-state index contributed by atoms with van der Waals surface area (Å²) in [6.07, 6.45) is 0. The minimum atomic E-state index is -0.0968. The van der Waals surface area contributed by atoms with Crippen LogP contribution < -0.4 is 4.90 Å². The van der Waals surface area contributed by atoms with Crippen LogP contribution in [0.2, 0.25) is 0 Å². The molecule has 0 unspecified atom stereocenters. The first-order valence-corrected chi connectivity index (χ1v) is 17.7. The lowest BCUT2D eigenvalue weighted by molar-refractivity contribution is 0.660. The number of benzene rings is 7. The zero-order valence-electron chi connectivity index (χ0n) is 27.3. The maximum Gasteiger partial charge on any atom is 0.124 e. The van der Waals surface area contributed by atoms with Crippen molar-refractivity contribution in [3.05, 3.63) is 169 Å². The fraction of sp³-hybridized carbons (Fsp3) is 0.0652. The zero-order valence-corrected chi connectivity index (χ0v) is 28.1. The van der Waals surface area contributed by atoms with E-state index in [1.807, 2.05) is 0 Å². The largest absolute Gasteiger partial charge is 0.310 e. The van der Waals surface area contributed by atoms with Crippen LogP contribution in [0.3, 0.4) is 0 Å². The first kappa shape index (κ1) is 28.3. The van der Waals surface area contributed by atoms with Crippen LogP contribution in [0, 0.1) is 0 Å². The minimum Gasteiger partial charge on any atom is -0.310 e. The molecule has 2 nitrogen and oxygen atoms in total. The van der Waals surface area contributed by atoms with Crippen LogP contribution in [-0.4, -0.2) is 4.98 Å². The number of nitrogens with zero attached hydrogens (tertiary/aromatic N) is 2. The highest BCUT2D eigenvalue weighted by Gasteiger charge is 2.36. The van der Waals surface area contributed by atoms with E-state index in [9.17, 15) is 0 Å². The summed E-state index contributed by atoms with van der Waals surface area (Å²) in [5.41, 5.74) is 15.9. The van der Waals surface area contributed by atoms with Gasteiger partial charge in [0.2, 0.25) is 0 Å². The predicted molar refractivity (Wildman–Crippen MR) is 207 cm³/mol. The van der Waals surface area contributed by atoms with E-state index in [-0.39, 0.29) is 5.41 Å². The average molecular weight is 645 g/mol. The molecule has 0 fully saturated rings. The topological polar surface area (TPSA) is 16.1 Å². The van der Waals surface area contributed by atoms with Crippen molar-refractivity contribution in [2.24, 2.45) is 0 Å². The van der Waals surface area contributed by atoms with Crippen molar-refractivity contribution in [1.82, 2.24) is 4.98 Å². The van der Waals surface area contributed by atoms with Crippen LogP contribution in [0.15, 0.2) is 158 Å². The molecule has 3 heteroatoms. The second-order valence-corrected chi connectivity index (χ2v) is 14.6. The van der Waals surface area contributed by atoms with Crippen LogP contribution in [0.1, 0.15) is 25.0 Å². The van der Waals surface area contributed by atoms with Crippen molar-refractivity contribution in [2.75, 3.05) is 4.90 Å². The molecule has 1 heterocycles. The lowest BCUT2D eigenvalue weighted by Gasteiger charge is -2.29. The summed E-state index contributed by atoms with van der Waals surface area (Å²) in [5, 5.41) is 3.59. The van der Waals surface area contributed by atoms with Crippen LogP contribution in [0.25, 0.3) is 65.3 Å². The Bertz CT molecular complexity index is 2560. The molecule has 0 saturated heterocycles. The van der Waals surface area contributed by atoms with Gasteiger partial charge < -0.3 is 4.90 Å². The molecule has 1 aromatic heterocycles. The van der Waals surface area contributed by atoms with E-state index in [2.05, 4.69) is 176 Å². The van der Waals surface area contributed by atoms with Crippen LogP contribution in [0.4, 0.5) is 17.1 Å². The molecular weight excluding hydrogens is 613 g/mol. The highest BCUT2D eigenvalue weighted by Crippen LogP contribution is 2.54. The molecule has 0 spiro atoms. The third kappa shape index (κ3) is 4.29. The van der Waals surface area contributed by atoms with Crippen LogP contribution >= 0.6 is 11.3 Å². The van der Waals surface area contributed by atoms with Gasteiger partial charge in [0, 0.05) is 39.2 Å². The molecule has 0 N–H and O–H groups in total. The SMILES string of the molecule is CC1(C)c2ccccc2-c2ccc(N(c3ccc(-c4ccccc4)cc3)c3cc4c5c(cccc5c3)-c3sc(-c5ccccc5)nc3-4)cc21. The van der Waals surface area contributed by atoms with Gasteiger partial charge in [-0.1, -0.05) is 135 Å². The van der Waals surface area contributed by atoms with Gasteiger partial charge >= 0.3 is 0 Å². The van der Waals surface area contributed by atoms with E-state index in [1.54, 1.807) is 11.3 Å². The van der Waals surface area contributed by atoms with Gasteiger partial charge in [-0.25, -0.2) is 4.98 Å². The fourth-order valence-electron chi connectivity index (χ4n) is 8.02. The Labute approximate surface area is 290 Å². The van der Waals surface area contributed by atoms with Crippen molar-refractivity contribution in [3.63, 3.8) is 0 Å². The summed E-state index contributed by atoms with van der Waals surface area (Å²) in [7, 11) is 0. The Hall–Kier alpha value is -5.77. The standard InChI is InChI=1S/C46H32N2S/c1-46(2)40-19-10-9-17-36(40)37-25-24-34(28-41(37)46)48(33-22-20-30(21-23-33)29-12-5-3-6-13-29)35-26-32-16-11-18-38-42(32)39(27-35)43-44(38)49-45(47-43)31-14-7-4-8-15-31/h3-28H,1-2H3. The third-order valence-electron chi connectivity index (χ3n) is 10.4. The van der Waals surface area contributed by atoms with Crippen molar-refractivity contribution < 1.29 is 0 Å². The molecule has 0 saturated carbocycles. The number of hydrogen-bond donors (Lipinski definition) is 0. The maximum absolute atomic E-state index is 5.28. The molecule has 2 aliphatic carbocycles. The Kier molecular flexibility index (Phi) is 6.12. The van der Waals surface area contributed by atoms with Crippen LogP contribution in [0.5, 0.6) is 0 Å². The molecule has 8 aromatic rings. The second kappa shape index (κ2) is 10.6. The molecule has 49 heavy (non-hydrogen) atoms. The van der Waals surface area contributed by atoms with E-state index >= 15 is 0 Å². The summed E-state index contributed by atoms with van der Waals surface area (Å²) in [5.74, 6) is 0. The van der Waals surface area contributed by atoms with Gasteiger partial charge in [0.25, 0.3) is 0 Å². The monoisotopic (exact) mass is 644 g/mol. The van der Waals surface area contributed by atoms with E-state index < -0.39 is 0 Å². The molecular formula is C46H32N2S. The van der Waals surface area contributed by atoms with Gasteiger partial charge in [0.15, 0.2) is 0 Å². The molecule has 2 aliphatic rings. The van der Waals surface area contributed by atoms with Gasteiger partial charge in [-0.3, -0.25) is 0 Å². The summed E-state index contributed by atoms with van der Waals surface area (Å²) < 4.78 is 0. The molecule has 0 aliphatic heterocycles. The maximum atomic E-state index is 5.28. The van der Waals surface area contributed by atoms with Crippen molar-refractivity contribution in [2.45, 2.75) is 19.3 Å². The second-order valence-electron chi connectivity index (χ2n) is 13.6. The molecule has 0 amide bonds. The number of fused-ring (bicyclic) bond motifs is 6. The summed E-state index contributed by atoms with van der Waals surface area (Å²) in [4.78, 5) is 8.97. The Morgan fingerprint density at radius 3 is 1.94 bits per heavy atom. The molecule has 0 radical (unpaired) electrons.